The first-order valence-corrected chi connectivity index (χ1v) is 11.4. The molecule has 2 aromatic carbocycles. The standard InChI is InChI=1S/C21H28ClN3O3S/c1-6-25(7-2)17-10-8-16(9-11-17)23-21(26)19-14-18(12-13-20(19)22)29(27,28)24(5)15(3)4/h8-15H,6-7H2,1-5H3,(H,23,26). The predicted molar refractivity (Wildman–Crippen MR) is 119 cm³/mol. The lowest BCUT2D eigenvalue weighted by Crippen LogP contribution is -2.33. The molecule has 6 nitrogen and oxygen atoms in total. The van der Waals surface area contributed by atoms with Crippen molar-refractivity contribution in [3.8, 4) is 0 Å². The van der Waals surface area contributed by atoms with Crippen LogP contribution in [0.15, 0.2) is 47.4 Å². The van der Waals surface area contributed by atoms with Crippen LogP contribution in [0.3, 0.4) is 0 Å². The molecule has 0 bridgehead atoms. The highest BCUT2D eigenvalue weighted by molar-refractivity contribution is 7.89. The van der Waals surface area contributed by atoms with Gasteiger partial charge in [-0.05, 0) is 70.2 Å². The van der Waals surface area contributed by atoms with Gasteiger partial charge < -0.3 is 10.2 Å². The van der Waals surface area contributed by atoms with E-state index in [1.807, 2.05) is 24.3 Å². The van der Waals surface area contributed by atoms with Crippen LogP contribution < -0.4 is 10.2 Å². The molecule has 0 saturated heterocycles. The van der Waals surface area contributed by atoms with E-state index in [4.69, 9.17) is 11.6 Å². The minimum Gasteiger partial charge on any atom is -0.372 e. The lowest BCUT2D eigenvalue weighted by Gasteiger charge is -2.21. The molecule has 2 aromatic rings. The summed E-state index contributed by atoms with van der Waals surface area (Å²) in [6.45, 7) is 9.51. The van der Waals surface area contributed by atoms with Gasteiger partial charge in [0.05, 0.1) is 15.5 Å². The van der Waals surface area contributed by atoms with Gasteiger partial charge >= 0.3 is 0 Å². The molecule has 0 atom stereocenters. The van der Waals surface area contributed by atoms with Gasteiger partial charge in [-0.2, -0.15) is 4.31 Å². The molecule has 29 heavy (non-hydrogen) atoms. The number of carbonyl (C=O) groups excluding carboxylic acids is 1. The SMILES string of the molecule is CCN(CC)c1ccc(NC(=O)c2cc(S(=O)(=O)N(C)C(C)C)ccc2Cl)cc1. The number of halogens is 1. The highest BCUT2D eigenvalue weighted by atomic mass is 35.5. The molecule has 0 aliphatic carbocycles. The summed E-state index contributed by atoms with van der Waals surface area (Å²) in [7, 11) is -2.21. The van der Waals surface area contributed by atoms with Crippen LogP contribution in [0.1, 0.15) is 38.1 Å². The van der Waals surface area contributed by atoms with E-state index in [1.165, 1.54) is 29.6 Å². The van der Waals surface area contributed by atoms with Crippen LogP contribution in [0.5, 0.6) is 0 Å². The second kappa shape index (κ2) is 9.61. The van der Waals surface area contributed by atoms with Crippen molar-refractivity contribution in [2.24, 2.45) is 0 Å². The molecule has 0 fully saturated rings. The second-order valence-electron chi connectivity index (χ2n) is 6.93. The Labute approximate surface area is 178 Å². The van der Waals surface area contributed by atoms with E-state index in [9.17, 15) is 13.2 Å². The number of sulfonamides is 1. The van der Waals surface area contributed by atoms with Crippen molar-refractivity contribution in [3.63, 3.8) is 0 Å². The predicted octanol–water partition coefficient (Wildman–Crippen LogP) is 4.47. The van der Waals surface area contributed by atoms with Crippen molar-refractivity contribution in [1.82, 2.24) is 4.31 Å². The molecule has 1 N–H and O–H groups in total. The van der Waals surface area contributed by atoms with Gasteiger partial charge in [-0.25, -0.2) is 8.42 Å². The Balaban J connectivity index is 2.27. The van der Waals surface area contributed by atoms with Gasteiger partial charge in [-0.15, -0.1) is 0 Å². The van der Waals surface area contributed by atoms with Crippen LogP contribution in [-0.2, 0) is 10.0 Å². The topological polar surface area (TPSA) is 69.7 Å². The molecule has 0 saturated carbocycles. The van der Waals surface area contributed by atoms with Crippen molar-refractivity contribution < 1.29 is 13.2 Å². The van der Waals surface area contributed by atoms with E-state index < -0.39 is 15.9 Å². The average Bonchev–Trinajstić information content (AvgIpc) is 2.69. The third-order valence-corrected chi connectivity index (χ3v) is 7.20. The minimum atomic E-state index is -3.72. The summed E-state index contributed by atoms with van der Waals surface area (Å²) >= 11 is 6.18. The maximum atomic E-state index is 12.7. The summed E-state index contributed by atoms with van der Waals surface area (Å²) in [5, 5.41) is 2.97. The van der Waals surface area contributed by atoms with Crippen molar-refractivity contribution >= 4 is 38.9 Å². The van der Waals surface area contributed by atoms with Crippen LogP contribution in [0.25, 0.3) is 0 Å². The molecule has 2 rings (SSSR count). The number of amides is 1. The largest absolute Gasteiger partial charge is 0.372 e. The van der Waals surface area contributed by atoms with E-state index in [0.29, 0.717) is 5.69 Å². The normalized spacial score (nSPS) is 11.7. The maximum absolute atomic E-state index is 12.7. The molecule has 0 unspecified atom stereocenters. The van der Waals surface area contributed by atoms with E-state index in [-0.39, 0.29) is 21.5 Å². The summed E-state index contributed by atoms with van der Waals surface area (Å²) in [6.07, 6.45) is 0. The first kappa shape index (κ1) is 23.2. The molecular weight excluding hydrogens is 410 g/mol. The smallest absolute Gasteiger partial charge is 0.257 e. The Hall–Kier alpha value is -2.09. The van der Waals surface area contributed by atoms with E-state index >= 15 is 0 Å². The number of hydrogen-bond acceptors (Lipinski definition) is 4. The fourth-order valence-electron chi connectivity index (χ4n) is 2.83. The van der Waals surface area contributed by atoms with Crippen molar-refractivity contribution in [2.45, 2.75) is 38.6 Å². The maximum Gasteiger partial charge on any atom is 0.257 e. The molecule has 0 aromatic heterocycles. The molecule has 0 spiro atoms. The number of nitrogens with one attached hydrogen (secondary N) is 1. The second-order valence-corrected chi connectivity index (χ2v) is 9.33. The Kier molecular flexibility index (Phi) is 7.68. The van der Waals surface area contributed by atoms with E-state index in [0.717, 1.165) is 18.8 Å². The molecule has 0 radical (unpaired) electrons. The van der Waals surface area contributed by atoms with Crippen LogP contribution in [0, 0.1) is 0 Å². The van der Waals surface area contributed by atoms with Gasteiger partial charge in [0.15, 0.2) is 0 Å². The lowest BCUT2D eigenvalue weighted by atomic mass is 10.2. The Morgan fingerprint density at radius 1 is 1.07 bits per heavy atom. The van der Waals surface area contributed by atoms with Gasteiger partial charge in [0.1, 0.15) is 0 Å². The number of anilines is 2. The molecule has 0 heterocycles. The zero-order valence-corrected chi connectivity index (χ0v) is 19.0. The van der Waals surface area contributed by atoms with E-state index in [1.54, 1.807) is 13.8 Å². The van der Waals surface area contributed by atoms with Crippen LogP contribution >= 0.6 is 11.6 Å². The number of benzene rings is 2. The fraction of sp³-hybridized carbons (Fsp3) is 0.381. The number of nitrogens with zero attached hydrogens (tertiary/aromatic N) is 2. The van der Waals surface area contributed by atoms with Crippen molar-refractivity contribution in [1.29, 1.82) is 0 Å². The van der Waals surface area contributed by atoms with Gasteiger partial charge in [0.2, 0.25) is 10.0 Å². The number of rotatable bonds is 8. The molecular formula is C21H28ClN3O3S. The van der Waals surface area contributed by atoms with Crippen LogP contribution in [0.2, 0.25) is 5.02 Å². The van der Waals surface area contributed by atoms with Gasteiger partial charge in [0, 0.05) is 37.6 Å². The number of hydrogen-bond donors (Lipinski definition) is 1. The highest BCUT2D eigenvalue weighted by Gasteiger charge is 2.25. The van der Waals surface area contributed by atoms with Crippen LogP contribution in [-0.4, -0.2) is 44.8 Å². The van der Waals surface area contributed by atoms with Gasteiger partial charge in [0.25, 0.3) is 5.91 Å². The minimum absolute atomic E-state index is 0.0279. The zero-order valence-electron chi connectivity index (χ0n) is 17.4. The summed E-state index contributed by atoms with van der Waals surface area (Å²) in [6, 6.07) is 11.4. The third kappa shape index (κ3) is 5.29. The Morgan fingerprint density at radius 3 is 2.17 bits per heavy atom. The summed E-state index contributed by atoms with van der Waals surface area (Å²) in [5.74, 6) is -0.463. The first-order valence-electron chi connectivity index (χ1n) is 9.55. The first-order chi connectivity index (χ1) is 13.6. The van der Waals surface area contributed by atoms with Gasteiger partial charge in [-0.1, -0.05) is 11.6 Å². The third-order valence-electron chi connectivity index (χ3n) is 4.84. The number of carbonyl (C=O) groups is 1. The summed E-state index contributed by atoms with van der Waals surface area (Å²) in [5.41, 5.74) is 1.78. The Bertz CT molecular complexity index is 956. The average molecular weight is 438 g/mol. The van der Waals surface area contributed by atoms with Gasteiger partial charge in [-0.3, -0.25) is 4.79 Å². The Morgan fingerprint density at radius 2 is 1.66 bits per heavy atom. The molecule has 0 aliphatic rings. The van der Waals surface area contributed by atoms with Crippen LogP contribution in [0.4, 0.5) is 11.4 Å². The highest BCUT2D eigenvalue weighted by Crippen LogP contribution is 2.25. The molecule has 8 heteroatoms. The molecule has 1 amide bonds. The summed E-state index contributed by atoms with van der Waals surface area (Å²) in [4.78, 5) is 15.0. The fourth-order valence-corrected chi connectivity index (χ4v) is 4.42. The monoisotopic (exact) mass is 437 g/mol. The lowest BCUT2D eigenvalue weighted by molar-refractivity contribution is 0.102. The molecule has 0 aliphatic heterocycles. The van der Waals surface area contributed by atoms with Crippen molar-refractivity contribution in [3.05, 3.63) is 53.1 Å². The van der Waals surface area contributed by atoms with E-state index in [2.05, 4.69) is 24.1 Å². The summed E-state index contributed by atoms with van der Waals surface area (Å²) < 4.78 is 26.7. The van der Waals surface area contributed by atoms with Crippen molar-refractivity contribution in [2.75, 3.05) is 30.4 Å². The zero-order chi connectivity index (χ0) is 21.8. The molecule has 158 valence electrons. The quantitative estimate of drug-likeness (QED) is 0.661.